The first-order chi connectivity index (χ1) is 8.24. The molecule has 2 atom stereocenters. The summed E-state index contributed by atoms with van der Waals surface area (Å²) in [5, 5.41) is 0. The lowest BCUT2D eigenvalue weighted by molar-refractivity contribution is -0.133. The molecule has 1 fully saturated rings. The monoisotopic (exact) mass is 233 g/mol. The minimum Gasteiger partial charge on any atom is -0.334 e. The molecular formula is C13H19N3O. The first-order valence-electron chi connectivity index (χ1n) is 6.20. The number of carbonyl (C=O) groups is 1. The molecule has 0 bridgehead atoms. The van der Waals surface area contributed by atoms with E-state index in [-0.39, 0.29) is 18.0 Å². The van der Waals surface area contributed by atoms with E-state index < -0.39 is 0 Å². The molecule has 92 valence electrons. The second-order valence-corrected chi connectivity index (χ2v) is 4.49. The van der Waals surface area contributed by atoms with Crippen molar-refractivity contribution in [2.45, 2.75) is 38.3 Å². The zero-order valence-electron chi connectivity index (χ0n) is 10.2. The zero-order valence-corrected chi connectivity index (χ0v) is 10.2. The maximum Gasteiger partial charge on any atom is 0.239 e. The van der Waals surface area contributed by atoms with E-state index >= 15 is 0 Å². The van der Waals surface area contributed by atoms with Crippen molar-refractivity contribution in [3.63, 3.8) is 0 Å². The van der Waals surface area contributed by atoms with Crippen molar-refractivity contribution in [2.24, 2.45) is 5.73 Å². The molecule has 2 N–H and O–H groups in total. The Labute approximate surface area is 102 Å². The second-order valence-electron chi connectivity index (χ2n) is 4.49. The molecule has 0 aromatic carbocycles. The summed E-state index contributed by atoms with van der Waals surface area (Å²) < 4.78 is 0. The topological polar surface area (TPSA) is 59.2 Å². The van der Waals surface area contributed by atoms with Crippen LogP contribution in [0.2, 0.25) is 0 Å². The lowest BCUT2D eigenvalue weighted by Gasteiger charge is -2.27. The maximum absolute atomic E-state index is 12.1. The fourth-order valence-electron chi connectivity index (χ4n) is 2.34. The van der Waals surface area contributed by atoms with Crippen LogP contribution in [-0.4, -0.2) is 28.4 Å². The van der Waals surface area contributed by atoms with Crippen molar-refractivity contribution in [2.75, 3.05) is 6.54 Å². The molecule has 1 aliphatic rings. The standard InChI is InChI=1S/C13H19N3O/c1-2-11(14)13(17)16-8-4-6-12(16)10-5-3-7-15-9-10/h3,5,7,9,11-12H,2,4,6,8,14H2,1H3/t11-,12?/m1/s1. The van der Waals surface area contributed by atoms with Gasteiger partial charge < -0.3 is 10.6 Å². The summed E-state index contributed by atoms with van der Waals surface area (Å²) in [4.78, 5) is 18.2. The van der Waals surface area contributed by atoms with E-state index in [1.807, 2.05) is 30.2 Å². The van der Waals surface area contributed by atoms with Crippen molar-refractivity contribution in [3.05, 3.63) is 30.1 Å². The van der Waals surface area contributed by atoms with E-state index in [9.17, 15) is 4.79 Å². The van der Waals surface area contributed by atoms with Crippen LogP contribution in [-0.2, 0) is 4.79 Å². The van der Waals surface area contributed by atoms with Gasteiger partial charge in [-0.2, -0.15) is 0 Å². The number of nitrogens with two attached hydrogens (primary N) is 1. The average molecular weight is 233 g/mol. The van der Waals surface area contributed by atoms with Gasteiger partial charge in [0.05, 0.1) is 12.1 Å². The van der Waals surface area contributed by atoms with Crippen LogP contribution in [0.3, 0.4) is 0 Å². The SMILES string of the molecule is CC[C@@H](N)C(=O)N1CCCC1c1cccnc1. The van der Waals surface area contributed by atoms with E-state index in [1.165, 1.54) is 0 Å². The number of likely N-dealkylation sites (tertiary alicyclic amines) is 1. The first kappa shape index (κ1) is 12.0. The van der Waals surface area contributed by atoms with Gasteiger partial charge in [-0.1, -0.05) is 13.0 Å². The van der Waals surface area contributed by atoms with Crippen LogP contribution < -0.4 is 5.73 Å². The molecule has 1 aromatic heterocycles. The molecule has 1 unspecified atom stereocenters. The molecule has 4 heteroatoms. The normalized spacial score (nSPS) is 21.5. The quantitative estimate of drug-likeness (QED) is 0.860. The first-order valence-corrected chi connectivity index (χ1v) is 6.20. The maximum atomic E-state index is 12.1. The van der Waals surface area contributed by atoms with Crippen LogP contribution in [0.25, 0.3) is 0 Å². The number of hydrogen-bond donors (Lipinski definition) is 1. The lowest BCUT2D eigenvalue weighted by Crippen LogP contribution is -2.43. The second kappa shape index (κ2) is 5.27. The van der Waals surface area contributed by atoms with Gasteiger partial charge in [-0.3, -0.25) is 9.78 Å². The number of pyridine rings is 1. The number of carbonyl (C=O) groups excluding carboxylic acids is 1. The third kappa shape index (κ3) is 2.47. The van der Waals surface area contributed by atoms with Crippen LogP contribution in [0.5, 0.6) is 0 Å². The number of amides is 1. The molecule has 17 heavy (non-hydrogen) atoms. The Morgan fingerprint density at radius 2 is 2.53 bits per heavy atom. The molecule has 0 aliphatic carbocycles. The molecule has 1 aromatic rings. The highest BCUT2D eigenvalue weighted by atomic mass is 16.2. The molecule has 4 nitrogen and oxygen atoms in total. The van der Waals surface area contributed by atoms with E-state index in [2.05, 4.69) is 4.98 Å². The van der Waals surface area contributed by atoms with E-state index in [1.54, 1.807) is 6.20 Å². The van der Waals surface area contributed by atoms with Crippen molar-refractivity contribution in [3.8, 4) is 0 Å². The van der Waals surface area contributed by atoms with Crippen molar-refractivity contribution >= 4 is 5.91 Å². The highest BCUT2D eigenvalue weighted by Crippen LogP contribution is 2.31. The Hall–Kier alpha value is -1.42. The van der Waals surface area contributed by atoms with Gasteiger partial charge in [0.15, 0.2) is 0 Å². The van der Waals surface area contributed by atoms with Gasteiger partial charge in [-0.15, -0.1) is 0 Å². The van der Waals surface area contributed by atoms with Crippen LogP contribution in [0.15, 0.2) is 24.5 Å². The average Bonchev–Trinajstić information content (AvgIpc) is 2.87. The van der Waals surface area contributed by atoms with Crippen LogP contribution >= 0.6 is 0 Å². The van der Waals surface area contributed by atoms with E-state index in [0.717, 1.165) is 24.9 Å². The highest BCUT2D eigenvalue weighted by Gasteiger charge is 2.31. The fraction of sp³-hybridized carbons (Fsp3) is 0.538. The third-order valence-corrected chi connectivity index (χ3v) is 3.36. The van der Waals surface area contributed by atoms with Crippen molar-refractivity contribution in [1.29, 1.82) is 0 Å². The number of nitrogens with zero attached hydrogens (tertiary/aromatic N) is 2. The zero-order chi connectivity index (χ0) is 12.3. The molecule has 2 heterocycles. The summed E-state index contributed by atoms with van der Waals surface area (Å²) >= 11 is 0. The summed E-state index contributed by atoms with van der Waals surface area (Å²) in [7, 11) is 0. The Kier molecular flexibility index (Phi) is 3.74. The molecule has 0 saturated carbocycles. The largest absolute Gasteiger partial charge is 0.334 e. The predicted octanol–water partition coefficient (Wildman–Crippen LogP) is 1.48. The highest BCUT2D eigenvalue weighted by molar-refractivity contribution is 5.82. The van der Waals surface area contributed by atoms with Crippen LogP contribution in [0.4, 0.5) is 0 Å². The van der Waals surface area contributed by atoms with Crippen LogP contribution in [0, 0.1) is 0 Å². The Morgan fingerprint density at radius 1 is 1.71 bits per heavy atom. The number of aromatic nitrogens is 1. The van der Waals surface area contributed by atoms with E-state index in [4.69, 9.17) is 5.73 Å². The molecule has 1 saturated heterocycles. The van der Waals surface area contributed by atoms with Gasteiger partial charge in [0, 0.05) is 18.9 Å². The Balaban J connectivity index is 2.15. The predicted molar refractivity (Wildman–Crippen MR) is 66.2 cm³/mol. The lowest BCUT2D eigenvalue weighted by atomic mass is 10.1. The summed E-state index contributed by atoms with van der Waals surface area (Å²) in [6.45, 7) is 2.75. The third-order valence-electron chi connectivity index (χ3n) is 3.36. The minimum absolute atomic E-state index is 0.0684. The molecular weight excluding hydrogens is 214 g/mol. The van der Waals surface area contributed by atoms with Crippen molar-refractivity contribution < 1.29 is 4.79 Å². The Bertz CT molecular complexity index is 380. The Morgan fingerprint density at radius 3 is 3.18 bits per heavy atom. The van der Waals surface area contributed by atoms with Gasteiger partial charge in [-0.05, 0) is 30.9 Å². The molecule has 0 spiro atoms. The van der Waals surface area contributed by atoms with Gasteiger partial charge in [0.25, 0.3) is 0 Å². The summed E-state index contributed by atoms with van der Waals surface area (Å²) in [6, 6.07) is 3.73. The summed E-state index contributed by atoms with van der Waals surface area (Å²) in [6.07, 6.45) is 6.33. The van der Waals surface area contributed by atoms with Gasteiger partial charge >= 0.3 is 0 Å². The smallest absolute Gasteiger partial charge is 0.239 e. The van der Waals surface area contributed by atoms with Crippen molar-refractivity contribution in [1.82, 2.24) is 9.88 Å². The van der Waals surface area contributed by atoms with E-state index in [0.29, 0.717) is 6.42 Å². The van der Waals surface area contributed by atoms with Gasteiger partial charge in [0.2, 0.25) is 5.91 Å². The number of rotatable bonds is 3. The summed E-state index contributed by atoms with van der Waals surface area (Å²) in [5.74, 6) is 0.0684. The van der Waals surface area contributed by atoms with Crippen LogP contribution in [0.1, 0.15) is 37.8 Å². The number of hydrogen-bond acceptors (Lipinski definition) is 3. The van der Waals surface area contributed by atoms with Gasteiger partial charge in [0.1, 0.15) is 0 Å². The molecule has 2 rings (SSSR count). The molecule has 1 amide bonds. The minimum atomic E-state index is -0.368. The van der Waals surface area contributed by atoms with Gasteiger partial charge in [-0.25, -0.2) is 0 Å². The fourth-order valence-corrected chi connectivity index (χ4v) is 2.34. The molecule has 0 radical (unpaired) electrons. The summed E-state index contributed by atoms with van der Waals surface area (Å²) in [5.41, 5.74) is 6.94. The molecule has 1 aliphatic heterocycles.